The highest BCUT2D eigenvalue weighted by molar-refractivity contribution is 7.99. The van der Waals surface area contributed by atoms with E-state index in [-0.39, 0.29) is 17.2 Å². The summed E-state index contributed by atoms with van der Waals surface area (Å²) in [5, 5.41) is 6.16. The predicted octanol–water partition coefficient (Wildman–Crippen LogP) is 4.21. The number of thiophene rings is 1. The van der Waals surface area contributed by atoms with Gasteiger partial charge in [-0.25, -0.2) is 9.78 Å². The summed E-state index contributed by atoms with van der Waals surface area (Å²) in [6.07, 6.45) is 4.10. The first-order valence-corrected chi connectivity index (χ1v) is 13.0. The number of fused-ring (bicyclic) bond motifs is 3. The van der Waals surface area contributed by atoms with E-state index in [0.717, 1.165) is 53.4 Å². The lowest BCUT2D eigenvalue weighted by atomic mass is 9.97. The highest BCUT2D eigenvalue weighted by Crippen LogP contribution is 2.35. The van der Waals surface area contributed by atoms with Crippen molar-refractivity contribution in [2.45, 2.75) is 51.6 Å². The van der Waals surface area contributed by atoms with Crippen LogP contribution < -0.4 is 16.2 Å². The third-order valence-corrected chi connectivity index (χ3v) is 7.63. The van der Waals surface area contributed by atoms with Crippen LogP contribution in [0.25, 0.3) is 15.9 Å². The minimum absolute atomic E-state index is 0.0238. The molecule has 1 aliphatic rings. The summed E-state index contributed by atoms with van der Waals surface area (Å²) < 4.78 is 1.60. The first-order valence-electron chi connectivity index (χ1n) is 11.2. The van der Waals surface area contributed by atoms with Crippen molar-refractivity contribution in [2.75, 3.05) is 12.3 Å². The zero-order valence-corrected chi connectivity index (χ0v) is 20.7. The van der Waals surface area contributed by atoms with Crippen LogP contribution in [0.5, 0.6) is 0 Å². The molecule has 4 rings (SSSR count). The van der Waals surface area contributed by atoms with Crippen LogP contribution in [0.4, 0.5) is 4.79 Å². The van der Waals surface area contributed by atoms with Crippen LogP contribution in [-0.4, -0.2) is 33.8 Å². The molecule has 0 saturated heterocycles. The fourth-order valence-electron chi connectivity index (χ4n) is 3.84. The maximum Gasteiger partial charge on any atom is 0.321 e. The Morgan fingerprint density at radius 3 is 2.64 bits per heavy atom. The molecule has 2 heterocycles. The van der Waals surface area contributed by atoms with Crippen LogP contribution in [0.15, 0.2) is 34.2 Å². The van der Waals surface area contributed by atoms with Crippen LogP contribution >= 0.6 is 23.1 Å². The number of nitrogens with one attached hydrogen (secondary N) is 2. The van der Waals surface area contributed by atoms with Crippen LogP contribution in [0.1, 0.15) is 42.7 Å². The Hall–Kier alpha value is -2.65. The monoisotopic (exact) mass is 484 g/mol. The fourth-order valence-corrected chi connectivity index (χ4v) is 5.95. The molecule has 3 aromatic rings. The van der Waals surface area contributed by atoms with Gasteiger partial charge in [-0.15, -0.1) is 11.3 Å². The molecule has 0 aliphatic heterocycles. The summed E-state index contributed by atoms with van der Waals surface area (Å²) >= 11 is 2.75. The van der Waals surface area contributed by atoms with Crippen molar-refractivity contribution >= 4 is 45.3 Å². The number of thioether (sulfide) groups is 1. The highest BCUT2D eigenvalue weighted by Gasteiger charge is 2.23. The Labute approximate surface area is 201 Å². The lowest BCUT2D eigenvalue weighted by Gasteiger charge is -2.14. The molecule has 7 nitrogen and oxygen atoms in total. The van der Waals surface area contributed by atoms with Gasteiger partial charge >= 0.3 is 6.03 Å². The van der Waals surface area contributed by atoms with E-state index in [9.17, 15) is 14.4 Å². The van der Waals surface area contributed by atoms with Gasteiger partial charge in [-0.3, -0.25) is 19.5 Å². The van der Waals surface area contributed by atoms with Crippen molar-refractivity contribution in [1.29, 1.82) is 0 Å². The Kier molecular flexibility index (Phi) is 7.19. The van der Waals surface area contributed by atoms with Gasteiger partial charge in [0.15, 0.2) is 5.16 Å². The molecular formula is C24H28N4O3S2. The topological polar surface area (TPSA) is 93.1 Å². The molecule has 0 bridgehead atoms. The maximum absolute atomic E-state index is 13.7. The number of urea groups is 1. The smallest absolute Gasteiger partial charge is 0.321 e. The van der Waals surface area contributed by atoms with Crippen LogP contribution in [0, 0.1) is 12.8 Å². The van der Waals surface area contributed by atoms with Gasteiger partial charge in [0.05, 0.1) is 16.8 Å². The molecule has 2 N–H and O–H groups in total. The van der Waals surface area contributed by atoms with Crippen LogP contribution in [0.2, 0.25) is 0 Å². The number of imide groups is 1. The molecule has 174 valence electrons. The summed E-state index contributed by atoms with van der Waals surface area (Å²) in [5.41, 5.74) is 2.85. The quantitative estimate of drug-likeness (QED) is 0.404. The van der Waals surface area contributed by atoms with Crippen molar-refractivity contribution in [3.63, 3.8) is 0 Å². The van der Waals surface area contributed by atoms with Crippen molar-refractivity contribution < 1.29 is 9.59 Å². The number of amides is 3. The van der Waals surface area contributed by atoms with Gasteiger partial charge in [0, 0.05) is 11.4 Å². The van der Waals surface area contributed by atoms with Gasteiger partial charge in [0.1, 0.15) is 4.83 Å². The summed E-state index contributed by atoms with van der Waals surface area (Å²) in [4.78, 5) is 44.8. The molecule has 1 aromatic carbocycles. The number of rotatable bonds is 6. The SMILES string of the molecule is Cc1ccc(-n2c(SCC(=O)NC(=O)NCC(C)C)nc3sc4c(c3c2=O)CCCC4)cc1. The average molecular weight is 485 g/mol. The second kappa shape index (κ2) is 10.1. The lowest BCUT2D eigenvalue weighted by Crippen LogP contribution is -2.41. The maximum atomic E-state index is 13.7. The van der Waals surface area contributed by atoms with E-state index in [4.69, 9.17) is 4.98 Å². The second-order valence-corrected chi connectivity index (χ2v) is 10.7. The molecule has 0 atom stereocenters. The van der Waals surface area contributed by atoms with Crippen LogP contribution in [-0.2, 0) is 17.6 Å². The number of aromatic nitrogens is 2. The Balaban J connectivity index is 1.66. The molecule has 0 radical (unpaired) electrons. The van der Waals surface area contributed by atoms with Gasteiger partial charge in [0.2, 0.25) is 5.91 Å². The molecule has 3 amide bonds. The molecule has 0 saturated carbocycles. The minimum Gasteiger partial charge on any atom is -0.338 e. The van der Waals surface area contributed by atoms with E-state index in [0.29, 0.717) is 22.8 Å². The molecule has 33 heavy (non-hydrogen) atoms. The molecule has 2 aromatic heterocycles. The lowest BCUT2D eigenvalue weighted by molar-refractivity contribution is -0.117. The normalized spacial score (nSPS) is 13.2. The first kappa shape index (κ1) is 23.5. The summed E-state index contributed by atoms with van der Waals surface area (Å²) in [5.74, 6) is -0.169. The van der Waals surface area contributed by atoms with Gasteiger partial charge < -0.3 is 5.32 Å². The van der Waals surface area contributed by atoms with E-state index in [1.165, 1.54) is 4.88 Å². The standard InChI is InChI=1S/C24H28N4O3S2/c1-14(2)12-25-23(31)26-19(29)13-32-24-27-21-20(17-6-4-5-7-18(17)33-21)22(30)28(24)16-10-8-15(3)9-11-16/h8-11,14H,4-7,12-13H2,1-3H3,(H2,25,26,29,31). The number of benzene rings is 1. The Bertz CT molecular complexity index is 1250. The summed E-state index contributed by atoms with van der Waals surface area (Å²) in [6, 6.07) is 7.18. The zero-order chi connectivity index (χ0) is 23.5. The molecule has 1 aliphatic carbocycles. The van der Waals surface area contributed by atoms with Crippen molar-refractivity contribution in [3.05, 3.63) is 50.6 Å². The Morgan fingerprint density at radius 1 is 1.18 bits per heavy atom. The van der Waals surface area contributed by atoms with Crippen molar-refractivity contribution in [1.82, 2.24) is 20.2 Å². The van der Waals surface area contributed by atoms with Crippen LogP contribution in [0.3, 0.4) is 0 Å². The van der Waals surface area contributed by atoms with E-state index in [2.05, 4.69) is 10.6 Å². The van der Waals surface area contributed by atoms with Crippen molar-refractivity contribution in [3.8, 4) is 5.69 Å². The average Bonchev–Trinajstić information content (AvgIpc) is 3.16. The molecule has 0 fully saturated rings. The predicted molar refractivity (Wildman–Crippen MR) is 134 cm³/mol. The molecule has 0 unspecified atom stereocenters. The van der Waals surface area contributed by atoms with Gasteiger partial charge in [-0.1, -0.05) is 43.3 Å². The zero-order valence-electron chi connectivity index (χ0n) is 19.1. The van der Waals surface area contributed by atoms with E-state index in [1.807, 2.05) is 45.0 Å². The summed E-state index contributed by atoms with van der Waals surface area (Å²) in [6.45, 7) is 6.44. The largest absolute Gasteiger partial charge is 0.338 e. The minimum atomic E-state index is -0.514. The van der Waals surface area contributed by atoms with Crippen molar-refractivity contribution in [2.24, 2.45) is 5.92 Å². The third kappa shape index (κ3) is 5.30. The Morgan fingerprint density at radius 2 is 1.91 bits per heavy atom. The third-order valence-electron chi connectivity index (χ3n) is 5.51. The van der Waals surface area contributed by atoms with E-state index in [1.54, 1.807) is 15.9 Å². The number of nitrogens with zero attached hydrogens (tertiary/aromatic N) is 2. The molecular weight excluding hydrogens is 456 g/mol. The van der Waals surface area contributed by atoms with E-state index < -0.39 is 11.9 Å². The molecule has 0 spiro atoms. The van der Waals surface area contributed by atoms with Gasteiger partial charge in [-0.2, -0.15) is 0 Å². The second-order valence-electron chi connectivity index (χ2n) is 8.70. The molecule has 9 heteroatoms. The first-order chi connectivity index (χ1) is 15.8. The number of hydrogen-bond donors (Lipinski definition) is 2. The number of hydrogen-bond acceptors (Lipinski definition) is 6. The van der Waals surface area contributed by atoms with Gasteiger partial charge in [-0.05, 0) is 56.2 Å². The number of carbonyl (C=O) groups is 2. The number of aryl methyl sites for hydroxylation is 3. The summed E-state index contributed by atoms with van der Waals surface area (Å²) in [7, 11) is 0. The van der Waals surface area contributed by atoms with Gasteiger partial charge in [0.25, 0.3) is 5.56 Å². The number of carbonyl (C=O) groups excluding carboxylic acids is 2. The fraction of sp³-hybridized carbons (Fsp3) is 0.417. The van der Waals surface area contributed by atoms with E-state index >= 15 is 0 Å². The highest BCUT2D eigenvalue weighted by atomic mass is 32.2.